The molecule has 0 atom stereocenters. The number of hydrogen-bond donors (Lipinski definition) is 1. The van der Waals surface area contributed by atoms with Crippen molar-refractivity contribution in [2.75, 3.05) is 0 Å². The number of fused-ring (bicyclic) bond motifs is 1. The van der Waals surface area contributed by atoms with Crippen molar-refractivity contribution in [3.05, 3.63) is 63.0 Å². The third-order valence-corrected chi connectivity index (χ3v) is 5.14. The molecule has 0 aliphatic rings. The lowest BCUT2D eigenvalue weighted by atomic mass is 10.2. The van der Waals surface area contributed by atoms with Crippen LogP contribution in [-0.2, 0) is 0 Å². The highest BCUT2D eigenvalue weighted by Gasteiger charge is 2.10. The van der Waals surface area contributed by atoms with Crippen LogP contribution < -0.4 is 4.80 Å². The van der Waals surface area contributed by atoms with Crippen molar-refractivity contribution < 1.29 is 4.42 Å². The maximum atomic E-state index is 5.56. The number of furan rings is 1. The molecule has 3 heterocycles. The van der Waals surface area contributed by atoms with Gasteiger partial charge in [0, 0.05) is 38.6 Å². The molecule has 0 saturated carbocycles. The van der Waals surface area contributed by atoms with Crippen LogP contribution in [0.4, 0.5) is 0 Å². The van der Waals surface area contributed by atoms with Crippen LogP contribution in [0.3, 0.4) is 0 Å². The van der Waals surface area contributed by atoms with Gasteiger partial charge in [0.25, 0.3) is 0 Å². The third kappa shape index (κ3) is 3.32. The van der Waals surface area contributed by atoms with Crippen LogP contribution in [0.1, 0.15) is 19.4 Å². The summed E-state index contributed by atoms with van der Waals surface area (Å²) in [5.74, 6) is 0.769. The Morgan fingerprint density at radius 3 is 2.96 bits per heavy atom. The van der Waals surface area contributed by atoms with E-state index in [1.807, 2.05) is 46.7 Å². The van der Waals surface area contributed by atoms with Crippen LogP contribution in [-0.4, -0.2) is 21.9 Å². The van der Waals surface area contributed by atoms with E-state index in [-0.39, 0.29) is 6.04 Å². The monoisotopic (exact) mass is 428 g/mol. The van der Waals surface area contributed by atoms with Gasteiger partial charge in [0.05, 0.1) is 12.5 Å². The van der Waals surface area contributed by atoms with Crippen molar-refractivity contribution in [3.8, 4) is 11.5 Å². The van der Waals surface area contributed by atoms with Crippen LogP contribution in [0.5, 0.6) is 0 Å². The smallest absolute Gasteiger partial charge is 0.206 e. The molecule has 0 aliphatic carbocycles. The van der Waals surface area contributed by atoms with Gasteiger partial charge in [-0.15, -0.1) is 11.3 Å². The number of benzene rings is 1. The van der Waals surface area contributed by atoms with Crippen molar-refractivity contribution in [2.45, 2.75) is 19.9 Å². The number of H-pyrrole nitrogens is 1. The minimum atomic E-state index is 0.184. The Morgan fingerprint density at radius 1 is 1.31 bits per heavy atom. The van der Waals surface area contributed by atoms with Gasteiger partial charge >= 0.3 is 0 Å². The average Bonchev–Trinajstić information content (AvgIpc) is 3.32. The standard InChI is InChI=1S/C19H17BrN4OS/c1-12(2)23-19-24(17(11-26-19)18-4-3-7-25-18)22-10-13-9-21-16-6-5-14(20)8-15(13)16/h3-12,21H,1-2H3. The molecule has 0 fully saturated rings. The maximum Gasteiger partial charge on any atom is 0.206 e. The van der Waals surface area contributed by atoms with E-state index in [0.29, 0.717) is 0 Å². The summed E-state index contributed by atoms with van der Waals surface area (Å²) in [7, 11) is 0. The van der Waals surface area contributed by atoms with Crippen molar-refractivity contribution in [1.29, 1.82) is 0 Å². The van der Waals surface area contributed by atoms with Crippen molar-refractivity contribution in [2.24, 2.45) is 10.1 Å². The summed E-state index contributed by atoms with van der Waals surface area (Å²) in [6.07, 6.45) is 5.47. The van der Waals surface area contributed by atoms with E-state index in [4.69, 9.17) is 9.52 Å². The van der Waals surface area contributed by atoms with Crippen molar-refractivity contribution in [3.63, 3.8) is 0 Å². The largest absolute Gasteiger partial charge is 0.463 e. The van der Waals surface area contributed by atoms with Crippen LogP contribution in [0.25, 0.3) is 22.4 Å². The number of hydrogen-bond acceptors (Lipinski definition) is 4. The highest BCUT2D eigenvalue weighted by Crippen LogP contribution is 2.23. The normalized spacial score (nSPS) is 12.8. The number of aromatic nitrogens is 2. The molecule has 3 aromatic heterocycles. The van der Waals surface area contributed by atoms with Gasteiger partial charge in [-0.05, 0) is 44.2 Å². The maximum absolute atomic E-state index is 5.56. The zero-order chi connectivity index (χ0) is 18.1. The summed E-state index contributed by atoms with van der Waals surface area (Å²) in [6.45, 7) is 4.11. The van der Waals surface area contributed by atoms with Gasteiger partial charge in [0.1, 0.15) is 5.69 Å². The summed E-state index contributed by atoms with van der Waals surface area (Å²) < 4.78 is 8.43. The SMILES string of the molecule is CC(C)N=c1scc(-c2ccco2)n1N=Cc1c[nH]c2ccc(Br)cc12. The van der Waals surface area contributed by atoms with Gasteiger partial charge in [-0.3, -0.25) is 4.99 Å². The molecule has 1 N–H and O–H groups in total. The van der Waals surface area contributed by atoms with Crippen LogP contribution in [0.2, 0.25) is 0 Å². The first-order valence-corrected chi connectivity index (χ1v) is 9.88. The Hall–Kier alpha value is -2.38. The van der Waals surface area contributed by atoms with Crippen LogP contribution >= 0.6 is 27.3 Å². The van der Waals surface area contributed by atoms with Crippen LogP contribution in [0, 0.1) is 0 Å². The van der Waals surface area contributed by atoms with E-state index >= 15 is 0 Å². The van der Waals surface area contributed by atoms with E-state index in [9.17, 15) is 0 Å². The third-order valence-electron chi connectivity index (χ3n) is 3.82. The topological polar surface area (TPSA) is 58.6 Å². The van der Waals surface area contributed by atoms with E-state index in [0.717, 1.165) is 37.2 Å². The van der Waals surface area contributed by atoms with Crippen LogP contribution in [0.15, 0.2) is 67.2 Å². The van der Waals surface area contributed by atoms with Crippen molar-refractivity contribution >= 4 is 44.4 Å². The Kier molecular flexibility index (Phi) is 4.65. The second-order valence-corrected chi connectivity index (χ2v) is 7.85. The van der Waals surface area contributed by atoms with E-state index < -0.39 is 0 Å². The second kappa shape index (κ2) is 7.09. The first-order chi connectivity index (χ1) is 12.6. The molecular formula is C19H17BrN4OS. The number of halogens is 1. The molecule has 5 nitrogen and oxygen atoms in total. The molecule has 4 rings (SSSR count). The predicted molar refractivity (Wildman–Crippen MR) is 110 cm³/mol. The summed E-state index contributed by atoms with van der Waals surface area (Å²) in [5, 5.41) is 7.84. The first-order valence-electron chi connectivity index (χ1n) is 8.21. The molecule has 26 heavy (non-hydrogen) atoms. The zero-order valence-electron chi connectivity index (χ0n) is 14.3. The zero-order valence-corrected chi connectivity index (χ0v) is 16.7. The fourth-order valence-corrected chi connectivity index (χ4v) is 3.97. The lowest BCUT2D eigenvalue weighted by Gasteiger charge is -2.01. The molecule has 0 radical (unpaired) electrons. The Bertz CT molecular complexity index is 1130. The van der Waals surface area contributed by atoms with E-state index in [1.54, 1.807) is 17.6 Å². The number of rotatable bonds is 4. The lowest BCUT2D eigenvalue weighted by Crippen LogP contribution is -2.14. The Balaban J connectivity index is 1.82. The summed E-state index contributed by atoms with van der Waals surface area (Å²) in [6, 6.07) is 10.1. The van der Waals surface area contributed by atoms with E-state index in [1.165, 1.54) is 0 Å². The fraction of sp³-hybridized carbons (Fsp3) is 0.158. The number of thiazole rings is 1. The minimum Gasteiger partial charge on any atom is -0.463 e. The summed E-state index contributed by atoms with van der Waals surface area (Å²) in [5.41, 5.74) is 2.97. The summed E-state index contributed by atoms with van der Waals surface area (Å²) in [4.78, 5) is 8.79. The van der Waals surface area contributed by atoms with Gasteiger partial charge in [-0.1, -0.05) is 15.9 Å². The lowest BCUT2D eigenvalue weighted by molar-refractivity contribution is 0.575. The molecule has 0 bridgehead atoms. The molecule has 1 aromatic carbocycles. The molecule has 4 aromatic rings. The number of aromatic amines is 1. The van der Waals surface area contributed by atoms with Gasteiger partial charge in [0.2, 0.25) is 4.80 Å². The highest BCUT2D eigenvalue weighted by atomic mass is 79.9. The van der Waals surface area contributed by atoms with Gasteiger partial charge in [0.15, 0.2) is 5.76 Å². The average molecular weight is 429 g/mol. The molecule has 0 aliphatic heterocycles. The van der Waals surface area contributed by atoms with Gasteiger partial charge < -0.3 is 9.40 Å². The number of nitrogens with one attached hydrogen (secondary N) is 1. The molecule has 0 amide bonds. The molecule has 7 heteroatoms. The molecular weight excluding hydrogens is 412 g/mol. The quantitative estimate of drug-likeness (QED) is 0.443. The minimum absolute atomic E-state index is 0.184. The van der Waals surface area contributed by atoms with Gasteiger partial charge in [-0.25, -0.2) is 4.68 Å². The Morgan fingerprint density at radius 2 is 2.19 bits per heavy atom. The fourth-order valence-electron chi connectivity index (χ4n) is 2.66. The van der Waals surface area contributed by atoms with E-state index in [2.05, 4.69) is 45.8 Å². The number of nitrogens with zero attached hydrogens (tertiary/aromatic N) is 3. The molecule has 132 valence electrons. The molecule has 0 spiro atoms. The van der Waals surface area contributed by atoms with Crippen molar-refractivity contribution in [1.82, 2.24) is 9.66 Å². The summed E-state index contributed by atoms with van der Waals surface area (Å²) >= 11 is 5.08. The first kappa shape index (κ1) is 17.1. The molecule has 0 unspecified atom stereocenters. The second-order valence-electron chi connectivity index (χ2n) is 6.09. The Labute approximate surface area is 162 Å². The molecule has 0 saturated heterocycles. The predicted octanol–water partition coefficient (Wildman–Crippen LogP) is 5.24. The highest BCUT2D eigenvalue weighted by molar-refractivity contribution is 9.10. The van der Waals surface area contributed by atoms with Gasteiger partial charge in [-0.2, -0.15) is 5.10 Å².